The third-order valence-electron chi connectivity index (χ3n) is 1.96. The van der Waals surface area contributed by atoms with Crippen LogP contribution in [0, 0.1) is 11.8 Å². The molecular weight excluding hydrogens is 160 g/mol. The summed E-state index contributed by atoms with van der Waals surface area (Å²) in [5.41, 5.74) is 0. The summed E-state index contributed by atoms with van der Waals surface area (Å²) in [5, 5.41) is 0.370. The number of fused-ring (bicyclic) bond motifs is 1. The summed E-state index contributed by atoms with van der Waals surface area (Å²) < 4.78 is 0. The molecule has 0 aromatic heterocycles. The van der Waals surface area contributed by atoms with Crippen molar-refractivity contribution in [2.24, 2.45) is 11.8 Å². The predicted molar refractivity (Wildman–Crippen MR) is 44.2 cm³/mol. The largest absolute Gasteiger partial charge is 0.292 e. The molecule has 0 atom stereocenters. The van der Waals surface area contributed by atoms with Crippen LogP contribution in [0.2, 0.25) is 0 Å². The molecule has 0 aromatic carbocycles. The number of rotatable bonds is 0. The van der Waals surface area contributed by atoms with E-state index in [1.54, 1.807) is 6.08 Å². The lowest BCUT2D eigenvalue weighted by atomic mass is 9.98. The second-order valence-electron chi connectivity index (χ2n) is 2.75. The first-order valence-corrected chi connectivity index (χ1v) is 3.93. The molecule has 2 heteroatoms. The van der Waals surface area contributed by atoms with Gasteiger partial charge in [-0.3, -0.25) is 4.79 Å². The van der Waals surface area contributed by atoms with Gasteiger partial charge in [-0.05, 0) is 0 Å². The quantitative estimate of drug-likeness (QED) is 0.504. The number of hydrogen-bond acceptors (Lipinski definition) is 1. The van der Waals surface area contributed by atoms with Gasteiger partial charge in [-0.15, -0.1) is 0 Å². The summed E-state index contributed by atoms with van der Waals surface area (Å²) in [6, 6.07) is 0. The van der Waals surface area contributed by atoms with Crippen molar-refractivity contribution in [2.45, 2.75) is 0 Å². The highest BCUT2D eigenvalue weighted by molar-refractivity contribution is 6.43. The van der Waals surface area contributed by atoms with E-state index in [2.05, 4.69) is 0 Å². The molecule has 3 aliphatic rings. The number of halogens is 1. The van der Waals surface area contributed by atoms with E-state index in [1.165, 1.54) is 0 Å². The molecule has 0 spiro atoms. The van der Waals surface area contributed by atoms with Crippen molar-refractivity contribution >= 4 is 17.4 Å². The van der Waals surface area contributed by atoms with Crippen LogP contribution in [-0.2, 0) is 4.79 Å². The number of allylic oxidation sites excluding steroid dienone is 6. The lowest BCUT2D eigenvalue weighted by molar-refractivity contribution is -0.116. The molecule has 0 unspecified atom stereocenters. The Labute approximate surface area is 70.0 Å². The van der Waals surface area contributed by atoms with Gasteiger partial charge in [0.2, 0.25) is 0 Å². The van der Waals surface area contributed by atoms with Gasteiger partial charge in [0.05, 0.1) is 11.0 Å². The average Bonchev–Trinajstić information content (AvgIpc) is 2.22. The van der Waals surface area contributed by atoms with Crippen molar-refractivity contribution in [3.63, 3.8) is 0 Å². The highest BCUT2D eigenvalue weighted by Crippen LogP contribution is 2.26. The van der Waals surface area contributed by atoms with E-state index in [9.17, 15) is 4.79 Å². The predicted octanol–water partition coefficient (Wildman–Crippen LogP) is 2.05. The minimum Gasteiger partial charge on any atom is -0.292 e. The summed E-state index contributed by atoms with van der Waals surface area (Å²) in [4.78, 5) is 11.3. The summed E-state index contributed by atoms with van der Waals surface area (Å²) in [6.07, 6.45) is 9.58. The van der Waals surface area contributed by atoms with Crippen molar-refractivity contribution in [2.75, 3.05) is 0 Å². The van der Waals surface area contributed by atoms with Crippen LogP contribution in [0.25, 0.3) is 0 Å². The first-order chi connectivity index (χ1) is 5.27. The minimum absolute atomic E-state index is 0.0131. The molecule has 0 aromatic rings. The summed E-state index contributed by atoms with van der Waals surface area (Å²) >= 11 is 5.73. The Hall–Kier alpha value is -0.820. The third kappa shape index (κ3) is 1.05. The van der Waals surface area contributed by atoms with Gasteiger partial charge in [0.15, 0.2) is 5.78 Å². The number of Topliss-reactive ketones (excluding diaryl/α,β-unsaturated/α-hetero) is 1. The minimum atomic E-state index is -0.113. The zero-order chi connectivity index (χ0) is 7.84. The molecule has 0 saturated heterocycles. The SMILES string of the molecule is O=C1C(Cl)=CC2C=CC1C=C2. The number of carbonyl (C=O) groups is 1. The van der Waals surface area contributed by atoms with Gasteiger partial charge in [-0.1, -0.05) is 42.0 Å². The third-order valence-corrected chi connectivity index (χ3v) is 2.27. The van der Waals surface area contributed by atoms with Crippen LogP contribution in [0.15, 0.2) is 35.4 Å². The van der Waals surface area contributed by atoms with Crippen molar-refractivity contribution in [1.82, 2.24) is 0 Å². The lowest BCUT2D eigenvalue weighted by Gasteiger charge is -2.06. The van der Waals surface area contributed by atoms with Crippen molar-refractivity contribution in [3.8, 4) is 0 Å². The van der Waals surface area contributed by atoms with E-state index in [1.807, 2.05) is 24.3 Å². The van der Waals surface area contributed by atoms with E-state index in [0.717, 1.165) is 0 Å². The molecule has 0 N–H and O–H groups in total. The Balaban J connectivity index is 2.47. The molecule has 0 aliphatic heterocycles. The Kier molecular flexibility index (Phi) is 1.46. The van der Waals surface area contributed by atoms with E-state index in [-0.39, 0.29) is 17.6 Å². The Bertz CT molecular complexity index is 272. The Morgan fingerprint density at radius 2 is 1.82 bits per heavy atom. The van der Waals surface area contributed by atoms with Gasteiger partial charge in [-0.2, -0.15) is 0 Å². The van der Waals surface area contributed by atoms with Crippen LogP contribution in [0.5, 0.6) is 0 Å². The zero-order valence-electron chi connectivity index (χ0n) is 5.83. The Morgan fingerprint density at radius 1 is 1.18 bits per heavy atom. The first-order valence-electron chi connectivity index (χ1n) is 3.55. The smallest absolute Gasteiger partial charge is 0.184 e. The van der Waals surface area contributed by atoms with E-state index < -0.39 is 0 Å². The van der Waals surface area contributed by atoms with Gasteiger partial charge in [0.25, 0.3) is 0 Å². The molecule has 0 saturated carbocycles. The molecule has 11 heavy (non-hydrogen) atoms. The average molecular weight is 167 g/mol. The van der Waals surface area contributed by atoms with E-state index >= 15 is 0 Å². The highest BCUT2D eigenvalue weighted by atomic mass is 35.5. The summed E-state index contributed by atoms with van der Waals surface area (Å²) in [6.45, 7) is 0. The van der Waals surface area contributed by atoms with Gasteiger partial charge < -0.3 is 0 Å². The van der Waals surface area contributed by atoms with Crippen LogP contribution in [0.3, 0.4) is 0 Å². The lowest BCUT2D eigenvalue weighted by Crippen LogP contribution is -2.08. The number of carbonyl (C=O) groups excluding carboxylic acids is 1. The maximum Gasteiger partial charge on any atom is 0.184 e. The number of hydrogen-bond donors (Lipinski definition) is 0. The van der Waals surface area contributed by atoms with Crippen LogP contribution in [0.1, 0.15) is 0 Å². The normalized spacial score (nSPS) is 33.9. The molecule has 2 bridgehead atoms. The molecule has 0 amide bonds. The van der Waals surface area contributed by atoms with Crippen LogP contribution in [-0.4, -0.2) is 5.78 Å². The van der Waals surface area contributed by atoms with Crippen molar-refractivity contribution < 1.29 is 4.79 Å². The van der Waals surface area contributed by atoms with Crippen molar-refractivity contribution in [1.29, 1.82) is 0 Å². The van der Waals surface area contributed by atoms with Crippen LogP contribution >= 0.6 is 11.6 Å². The second-order valence-corrected chi connectivity index (χ2v) is 3.16. The number of ketones is 1. The van der Waals surface area contributed by atoms with Crippen LogP contribution < -0.4 is 0 Å². The Morgan fingerprint density at radius 3 is 2.45 bits per heavy atom. The topological polar surface area (TPSA) is 17.1 Å². The fourth-order valence-electron chi connectivity index (χ4n) is 1.32. The maximum absolute atomic E-state index is 11.3. The fourth-order valence-corrected chi connectivity index (χ4v) is 1.59. The maximum atomic E-state index is 11.3. The molecule has 1 nitrogen and oxygen atoms in total. The summed E-state index contributed by atoms with van der Waals surface area (Å²) in [7, 11) is 0. The highest BCUT2D eigenvalue weighted by Gasteiger charge is 2.22. The van der Waals surface area contributed by atoms with Gasteiger partial charge in [-0.25, -0.2) is 0 Å². The zero-order valence-corrected chi connectivity index (χ0v) is 6.58. The summed E-state index contributed by atoms with van der Waals surface area (Å²) in [5.74, 6) is 0.127. The molecule has 56 valence electrons. The van der Waals surface area contributed by atoms with Gasteiger partial charge >= 0.3 is 0 Å². The fraction of sp³-hybridized carbons (Fsp3) is 0.222. The van der Waals surface area contributed by atoms with Gasteiger partial charge in [0, 0.05) is 5.92 Å². The first kappa shape index (κ1) is 6.86. The van der Waals surface area contributed by atoms with Crippen molar-refractivity contribution in [3.05, 3.63) is 35.4 Å². The van der Waals surface area contributed by atoms with E-state index in [0.29, 0.717) is 5.03 Å². The molecule has 0 radical (unpaired) electrons. The molecular formula is C9H7ClO. The molecule has 3 rings (SSSR count). The monoisotopic (exact) mass is 166 g/mol. The molecule has 0 fully saturated rings. The van der Waals surface area contributed by atoms with E-state index in [4.69, 9.17) is 11.6 Å². The molecule has 0 heterocycles. The second kappa shape index (κ2) is 2.35. The van der Waals surface area contributed by atoms with Gasteiger partial charge in [0.1, 0.15) is 0 Å². The van der Waals surface area contributed by atoms with Crippen LogP contribution in [0.4, 0.5) is 0 Å². The molecule has 3 aliphatic carbocycles. The standard InChI is InChI=1S/C9H7ClO/c10-8-5-6-1-3-7(4-2-6)9(8)11/h1-7H.